The maximum atomic E-state index is 13.3. The number of ether oxygens (including phenoxy) is 2. The first-order chi connectivity index (χ1) is 17.0. The molecule has 3 aromatic rings. The molecular formula is C27H25N3O5. The highest BCUT2D eigenvalue weighted by atomic mass is 16.5. The van der Waals surface area contributed by atoms with Crippen LogP contribution in [0, 0.1) is 0 Å². The van der Waals surface area contributed by atoms with Crippen molar-refractivity contribution in [3.8, 4) is 11.5 Å². The van der Waals surface area contributed by atoms with Crippen LogP contribution >= 0.6 is 0 Å². The van der Waals surface area contributed by atoms with Crippen molar-refractivity contribution in [2.24, 2.45) is 0 Å². The lowest BCUT2D eigenvalue weighted by atomic mass is 9.95. The van der Waals surface area contributed by atoms with E-state index in [1.54, 1.807) is 49.8 Å². The van der Waals surface area contributed by atoms with Gasteiger partial charge in [0.1, 0.15) is 23.9 Å². The minimum absolute atomic E-state index is 0.0448. The fraction of sp³-hybridized carbons (Fsp3) is 0.222. The van der Waals surface area contributed by atoms with Crippen LogP contribution in [0.3, 0.4) is 0 Å². The molecule has 2 aromatic carbocycles. The van der Waals surface area contributed by atoms with Crippen LogP contribution in [0.25, 0.3) is 5.76 Å². The van der Waals surface area contributed by atoms with Crippen LogP contribution in [-0.2, 0) is 16.1 Å². The number of ketones is 1. The number of Topliss-reactive ketones (excluding diaryl/α,β-unsaturated/α-hetero) is 1. The lowest BCUT2D eigenvalue weighted by Gasteiger charge is -2.28. The molecule has 35 heavy (non-hydrogen) atoms. The molecule has 1 amide bonds. The molecule has 178 valence electrons. The minimum atomic E-state index is -0.769. The summed E-state index contributed by atoms with van der Waals surface area (Å²) in [4.78, 5) is 34.1. The highest BCUT2D eigenvalue weighted by molar-refractivity contribution is 6.46. The number of hydrogen-bond donors (Lipinski definition) is 1. The number of aliphatic hydroxyl groups is 1. The first-order valence-corrected chi connectivity index (χ1v) is 11.3. The Morgan fingerprint density at radius 3 is 2.71 bits per heavy atom. The molecule has 8 nitrogen and oxygen atoms in total. The molecule has 2 aliphatic heterocycles. The van der Waals surface area contributed by atoms with E-state index in [2.05, 4.69) is 4.98 Å². The summed E-state index contributed by atoms with van der Waals surface area (Å²) in [5, 5.41) is 11.4. The van der Waals surface area contributed by atoms with Gasteiger partial charge in [-0.3, -0.25) is 14.6 Å². The summed E-state index contributed by atoms with van der Waals surface area (Å²) in [6.07, 6.45) is 3.21. The quantitative estimate of drug-likeness (QED) is 0.346. The molecule has 1 unspecified atom stereocenters. The standard InChI is InChI=1S/C27H25N3O5/c1-29-12-13-35-22-7-6-19(15-21(22)29)25(31)23-24(18-8-10-28-11-9-18)30(27(33)26(23)32)16-17-4-3-5-20(14-17)34-2/h3-11,14-15,24,31H,12-13,16H2,1-2H3/b25-23-. The van der Waals surface area contributed by atoms with Crippen LogP contribution in [0.2, 0.25) is 0 Å². The van der Waals surface area contributed by atoms with Gasteiger partial charge in [0, 0.05) is 31.5 Å². The molecule has 1 atom stereocenters. The summed E-state index contributed by atoms with van der Waals surface area (Å²) in [5.74, 6) is -0.261. The van der Waals surface area contributed by atoms with Gasteiger partial charge in [0.25, 0.3) is 11.7 Å². The zero-order chi connectivity index (χ0) is 24.5. The Bertz CT molecular complexity index is 1320. The van der Waals surface area contributed by atoms with E-state index >= 15 is 0 Å². The average molecular weight is 472 g/mol. The van der Waals surface area contributed by atoms with Crippen molar-refractivity contribution in [2.75, 3.05) is 32.2 Å². The van der Waals surface area contributed by atoms with Crippen molar-refractivity contribution in [3.63, 3.8) is 0 Å². The number of rotatable bonds is 5. The highest BCUT2D eigenvalue weighted by Crippen LogP contribution is 2.41. The summed E-state index contributed by atoms with van der Waals surface area (Å²) in [6, 6.07) is 15.3. The van der Waals surface area contributed by atoms with Gasteiger partial charge in [0.2, 0.25) is 0 Å². The number of hydrogen-bond acceptors (Lipinski definition) is 7. The van der Waals surface area contributed by atoms with E-state index < -0.39 is 17.7 Å². The molecule has 8 heteroatoms. The average Bonchev–Trinajstić information content (AvgIpc) is 3.14. The highest BCUT2D eigenvalue weighted by Gasteiger charge is 2.46. The topological polar surface area (TPSA) is 92.2 Å². The number of likely N-dealkylation sites (N-methyl/N-ethyl adjacent to an activating group) is 1. The lowest BCUT2D eigenvalue weighted by Crippen LogP contribution is -2.29. The molecule has 1 saturated heterocycles. The molecule has 0 spiro atoms. The van der Waals surface area contributed by atoms with E-state index in [-0.39, 0.29) is 17.9 Å². The summed E-state index contributed by atoms with van der Waals surface area (Å²) in [5.41, 5.74) is 2.79. The van der Waals surface area contributed by atoms with E-state index in [0.29, 0.717) is 35.8 Å². The minimum Gasteiger partial charge on any atom is -0.507 e. The van der Waals surface area contributed by atoms with E-state index in [1.165, 1.54) is 4.90 Å². The van der Waals surface area contributed by atoms with E-state index in [9.17, 15) is 14.7 Å². The van der Waals surface area contributed by atoms with Crippen LogP contribution in [-0.4, -0.2) is 54.0 Å². The van der Waals surface area contributed by atoms with Gasteiger partial charge in [-0.15, -0.1) is 0 Å². The summed E-state index contributed by atoms with van der Waals surface area (Å²) < 4.78 is 11.0. The van der Waals surface area contributed by atoms with E-state index in [4.69, 9.17) is 9.47 Å². The molecule has 1 aromatic heterocycles. The Kier molecular flexibility index (Phi) is 5.86. The summed E-state index contributed by atoms with van der Waals surface area (Å²) in [6.45, 7) is 1.46. The van der Waals surface area contributed by atoms with Gasteiger partial charge in [-0.1, -0.05) is 12.1 Å². The molecule has 5 rings (SSSR count). The number of fused-ring (bicyclic) bond motifs is 1. The normalized spacial score (nSPS) is 18.9. The third kappa shape index (κ3) is 4.07. The maximum Gasteiger partial charge on any atom is 0.295 e. The smallest absolute Gasteiger partial charge is 0.295 e. The predicted octanol–water partition coefficient (Wildman–Crippen LogP) is 3.54. The Labute approximate surface area is 203 Å². The monoisotopic (exact) mass is 471 g/mol. The van der Waals surface area contributed by atoms with Gasteiger partial charge < -0.3 is 24.4 Å². The van der Waals surface area contributed by atoms with Crippen LogP contribution in [0.1, 0.15) is 22.7 Å². The van der Waals surface area contributed by atoms with Crippen molar-refractivity contribution in [2.45, 2.75) is 12.6 Å². The molecule has 1 N–H and O–H groups in total. The Morgan fingerprint density at radius 1 is 1.14 bits per heavy atom. The number of anilines is 1. The second-order valence-corrected chi connectivity index (χ2v) is 8.51. The van der Waals surface area contributed by atoms with Crippen molar-refractivity contribution in [3.05, 3.63) is 89.3 Å². The van der Waals surface area contributed by atoms with Gasteiger partial charge in [-0.25, -0.2) is 0 Å². The third-order valence-corrected chi connectivity index (χ3v) is 6.38. The Morgan fingerprint density at radius 2 is 1.94 bits per heavy atom. The Balaban J connectivity index is 1.61. The first-order valence-electron chi connectivity index (χ1n) is 11.3. The number of benzene rings is 2. The third-order valence-electron chi connectivity index (χ3n) is 6.38. The van der Waals surface area contributed by atoms with Gasteiger partial charge in [0.15, 0.2) is 0 Å². The number of aliphatic hydroxyl groups excluding tert-OH is 1. The largest absolute Gasteiger partial charge is 0.507 e. The molecule has 0 radical (unpaired) electrons. The Hall–Kier alpha value is -4.33. The predicted molar refractivity (Wildman–Crippen MR) is 130 cm³/mol. The summed E-state index contributed by atoms with van der Waals surface area (Å²) in [7, 11) is 3.51. The van der Waals surface area contributed by atoms with Crippen molar-refractivity contribution >= 4 is 23.1 Å². The number of likely N-dealkylation sites (tertiary alicyclic amines) is 1. The number of nitrogens with zero attached hydrogens (tertiary/aromatic N) is 3. The van der Waals surface area contributed by atoms with E-state index in [1.807, 2.05) is 36.2 Å². The van der Waals surface area contributed by atoms with Crippen LogP contribution < -0.4 is 14.4 Å². The SMILES string of the molecule is COc1cccc(CN2C(=O)C(=O)/C(=C(\O)c3ccc4c(c3)N(C)CCO4)C2c2ccncc2)c1. The fourth-order valence-corrected chi connectivity index (χ4v) is 4.56. The second kappa shape index (κ2) is 9.13. The zero-order valence-corrected chi connectivity index (χ0v) is 19.5. The van der Waals surface area contributed by atoms with Crippen molar-refractivity contribution in [1.29, 1.82) is 0 Å². The van der Waals surface area contributed by atoms with Crippen molar-refractivity contribution in [1.82, 2.24) is 9.88 Å². The van der Waals surface area contributed by atoms with E-state index in [0.717, 1.165) is 11.3 Å². The van der Waals surface area contributed by atoms with Crippen molar-refractivity contribution < 1.29 is 24.2 Å². The number of carbonyl (C=O) groups is 2. The number of aromatic nitrogens is 1. The van der Waals surface area contributed by atoms with Crippen LogP contribution in [0.15, 0.2) is 72.6 Å². The van der Waals surface area contributed by atoms with Crippen LogP contribution in [0.5, 0.6) is 11.5 Å². The molecule has 3 heterocycles. The number of methoxy groups -OCH3 is 1. The van der Waals surface area contributed by atoms with Gasteiger partial charge in [0.05, 0.1) is 31.0 Å². The molecule has 0 saturated carbocycles. The number of pyridine rings is 1. The zero-order valence-electron chi connectivity index (χ0n) is 19.5. The van der Waals surface area contributed by atoms with Crippen LogP contribution in [0.4, 0.5) is 5.69 Å². The molecule has 0 bridgehead atoms. The fourth-order valence-electron chi connectivity index (χ4n) is 4.56. The first kappa shape index (κ1) is 22.5. The van der Waals surface area contributed by atoms with Gasteiger partial charge in [-0.05, 0) is 53.6 Å². The second-order valence-electron chi connectivity index (χ2n) is 8.51. The summed E-state index contributed by atoms with van der Waals surface area (Å²) >= 11 is 0. The van der Waals surface area contributed by atoms with Gasteiger partial charge >= 0.3 is 0 Å². The van der Waals surface area contributed by atoms with Gasteiger partial charge in [-0.2, -0.15) is 0 Å². The molecule has 1 fully saturated rings. The number of amides is 1. The number of carbonyl (C=O) groups excluding carboxylic acids is 2. The maximum absolute atomic E-state index is 13.3. The molecule has 2 aliphatic rings. The molecular weight excluding hydrogens is 446 g/mol. The molecule has 0 aliphatic carbocycles. The lowest BCUT2D eigenvalue weighted by molar-refractivity contribution is -0.140.